The molecule has 0 aromatic carbocycles. The maximum atomic E-state index is 13.9. The van der Waals surface area contributed by atoms with E-state index in [4.69, 9.17) is 9.72 Å². The average Bonchev–Trinajstić information content (AvgIpc) is 2.69. The second kappa shape index (κ2) is 7.76. The number of hydrogen-bond acceptors (Lipinski definition) is 5. The van der Waals surface area contributed by atoms with Crippen LogP contribution in [0.2, 0.25) is 0 Å². The van der Waals surface area contributed by atoms with Gasteiger partial charge in [0.25, 0.3) is 5.56 Å². The average molecular weight is 372 g/mol. The van der Waals surface area contributed by atoms with Crippen molar-refractivity contribution in [1.82, 2.24) is 19.9 Å². The number of hydrogen-bond donors (Lipinski definition) is 1. The van der Waals surface area contributed by atoms with Gasteiger partial charge in [0.1, 0.15) is 5.82 Å². The number of pyridine rings is 1. The molecule has 1 fully saturated rings. The van der Waals surface area contributed by atoms with Gasteiger partial charge in [-0.3, -0.25) is 9.69 Å². The lowest BCUT2D eigenvalue weighted by Crippen LogP contribution is -2.36. The Morgan fingerprint density at radius 2 is 2.15 bits per heavy atom. The van der Waals surface area contributed by atoms with Crippen molar-refractivity contribution in [2.75, 3.05) is 13.7 Å². The van der Waals surface area contributed by atoms with Crippen LogP contribution in [0.15, 0.2) is 17.1 Å². The number of nitrogens with one attached hydrogen (secondary N) is 1. The first-order chi connectivity index (χ1) is 13.1. The second-order valence-electron chi connectivity index (χ2n) is 7.51. The minimum Gasteiger partial charge on any atom is -0.479 e. The van der Waals surface area contributed by atoms with Crippen molar-refractivity contribution in [2.24, 2.45) is 0 Å². The lowest BCUT2D eigenvalue weighted by Gasteiger charge is -2.28. The van der Waals surface area contributed by atoms with Crippen LogP contribution in [-0.4, -0.2) is 33.5 Å². The quantitative estimate of drug-likeness (QED) is 0.894. The Morgan fingerprint density at radius 3 is 2.89 bits per heavy atom. The molecule has 0 bridgehead atoms. The SMILES string of the molecule is COc1ncc(CN2CCc3nc(C4CCCCC4)[nH]c(=O)c3C2)cc1F. The molecule has 4 rings (SSSR count). The zero-order valence-corrected chi connectivity index (χ0v) is 15.6. The summed E-state index contributed by atoms with van der Waals surface area (Å²) in [6, 6.07) is 1.44. The van der Waals surface area contributed by atoms with E-state index in [1.807, 2.05) is 0 Å². The van der Waals surface area contributed by atoms with Crippen LogP contribution >= 0.6 is 0 Å². The summed E-state index contributed by atoms with van der Waals surface area (Å²) in [4.78, 5) is 26.6. The van der Waals surface area contributed by atoms with Crippen LogP contribution in [0.4, 0.5) is 4.39 Å². The Labute approximate surface area is 157 Å². The summed E-state index contributed by atoms with van der Waals surface area (Å²) in [5, 5.41) is 0. The number of rotatable bonds is 4. The first-order valence-corrected chi connectivity index (χ1v) is 9.67. The van der Waals surface area contributed by atoms with Crippen molar-refractivity contribution < 1.29 is 9.13 Å². The standard InChI is InChI=1S/C20H25FN4O2/c1-27-20-16(21)9-13(10-22-20)11-25-8-7-17-15(12-25)19(26)24-18(23-17)14-5-3-2-4-6-14/h9-10,14H,2-8,11-12H2,1H3,(H,23,24,26). The van der Waals surface area contributed by atoms with Crippen molar-refractivity contribution >= 4 is 0 Å². The largest absolute Gasteiger partial charge is 0.479 e. The molecule has 0 amide bonds. The van der Waals surface area contributed by atoms with Crippen LogP contribution < -0.4 is 10.3 Å². The van der Waals surface area contributed by atoms with E-state index in [0.29, 0.717) is 19.0 Å². The molecule has 7 heteroatoms. The fourth-order valence-corrected chi connectivity index (χ4v) is 4.16. The van der Waals surface area contributed by atoms with Gasteiger partial charge in [-0.15, -0.1) is 0 Å². The molecule has 0 spiro atoms. The van der Waals surface area contributed by atoms with Crippen molar-refractivity contribution in [3.05, 3.63) is 51.1 Å². The number of H-pyrrole nitrogens is 1. The first-order valence-electron chi connectivity index (χ1n) is 9.67. The molecule has 0 radical (unpaired) electrons. The van der Waals surface area contributed by atoms with E-state index in [1.54, 1.807) is 6.20 Å². The monoisotopic (exact) mass is 372 g/mol. The minimum absolute atomic E-state index is 0.00127. The number of aromatic amines is 1. The first kappa shape index (κ1) is 18.1. The summed E-state index contributed by atoms with van der Waals surface area (Å²) < 4.78 is 18.7. The number of fused-ring (bicyclic) bond motifs is 1. The Balaban J connectivity index is 1.49. The van der Waals surface area contributed by atoms with Gasteiger partial charge in [0.15, 0.2) is 5.82 Å². The second-order valence-corrected chi connectivity index (χ2v) is 7.51. The number of aromatic nitrogens is 3. The van der Waals surface area contributed by atoms with Crippen molar-refractivity contribution in [3.8, 4) is 5.88 Å². The van der Waals surface area contributed by atoms with Gasteiger partial charge in [-0.05, 0) is 24.5 Å². The summed E-state index contributed by atoms with van der Waals surface area (Å²) in [5.74, 6) is 0.791. The van der Waals surface area contributed by atoms with E-state index in [9.17, 15) is 9.18 Å². The predicted molar refractivity (Wildman–Crippen MR) is 99.2 cm³/mol. The summed E-state index contributed by atoms with van der Waals surface area (Å²) >= 11 is 0. The number of methoxy groups -OCH3 is 1. The Kier molecular flexibility index (Phi) is 5.20. The molecule has 0 atom stereocenters. The predicted octanol–water partition coefficient (Wildman–Crippen LogP) is 2.92. The summed E-state index contributed by atoms with van der Waals surface area (Å²) in [6.45, 7) is 1.86. The highest BCUT2D eigenvalue weighted by molar-refractivity contribution is 5.24. The molecule has 1 aliphatic heterocycles. The smallest absolute Gasteiger partial charge is 0.255 e. The van der Waals surface area contributed by atoms with Gasteiger partial charge in [-0.2, -0.15) is 0 Å². The number of halogens is 1. The fraction of sp³-hybridized carbons (Fsp3) is 0.550. The van der Waals surface area contributed by atoms with E-state index >= 15 is 0 Å². The summed E-state index contributed by atoms with van der Waals surface area (Å²) in [6.07, 6.45) is 8.30. The minimum atomic E-state index is -0.468. The highest BCUT2D eigenvalue weighted by Gasteiger charge is 2.24. The molecule has 0 saturated heterocycles. The van der Waals surface area contributed by atoms with Crippen LogP contribution in [0.1, 0.15) is 60.7 Å². The van der Waals surface area contributed by atoms with Crippen molar-refractivity contribution in [1.29, 1.82) is 0 Å². The summed E-state index contributed by atoms with van der Waals surface area (Å²) in [7, 11) is 1.40. The molecule has 2 aromatic rings. The van der Waals surface area contributed by atoms with Gasteiger partial charge < -0.3 is 9.72 Å². The fourth-order valence-electron chi connectivity index (χ4n) is 4.16. The lowest BCUT2D eigenvalue weighted by atomic mass is 9.88. The van der Waals surface area contributed by atoms with E-state index in [2.05, 4.69) is 14.9 Å². The summed E-state index contributed by atoms with van der Waals surface area (Å²) in [5.41, 5.74) is 2.40. The molecule has 2 aromatic heterocycles. The van der Waals surface area contributed by atoms with Crippen LogP contribution in [0, 0.1) is 5.82 Å². The molecular formula is C20H25FN4O2. The van der Waals surface area contributed by atoms with Crippen molar-refractivity contribution in [2.45, 2.75) is 57.5 Å². The third-order valence-corrected chi connectivity index (χ3v) is 5.62. The topological polar surface area (TPSA) is 71.1 Å². The maximum absolute atomic E-state index is 13.9. The van der Waals surface area contributed by atoms with E-state index in [0.717, 1.165) is 48.5 Å². The van der Waals surface area contributed by atoms with Gasteiger partial charge in [-0.25, -0.2) is 14.4 Å². The van der Waals surface area contributed by atoms with Gasteiger partial charge in [0.2, 0.25) is 5.88 Å². The maximum Gasteiger partial charge on any atom is 0.255 e. The zero-order chi connectivity index (χ0) is 18.8. The van der Waals surface area contributed by atoms with E-state index in [-0.39, 0.29) is 11.4 Å². The Bertz CT molecular complexity index is 877. The molecule has 1 saturated carbocycles. The van der Waals surface area contributed by atoms with Crippen LogP contribution in [0.3, 0.4) is 0 Å². The molecule has 1 aliphatic carbocycles. The lowest BCUT2D eigenvalue weighted by molar-refractivity contribution is 0.240. The van der Waals surface area contributed by atoms with Gasteiger partial charge in [0, 0.05) is 38.2 Å². The van der Waals surface area contributed by atoms with E-state index < -0.39 is 5.82 Å². The van der Waals surface area contributed by atoms with Gasteiger partial charge in [-0.1, -0.05) is 19.3 Å². The number of ether oxygens (including phenoxy) is 1. The molecule has 0 unspecified atom stereocenters. The molecule has 144 valence electrons. The molecule has 1 N–H and O–H groups in total. The van der Waals surface area contributed by atoms with Gasteiger partial charge in [0.05, 0.1) is 18.4 Å². The Hall–Kier alpha value is -2.28. The Morgan fingerprint density at radius 1 is 1.33 bits per heavy atom. The zero-order valence-electron chi connectivity index (χ0n) is 15.6. The normalized spacial score (nSPS) is 18.3. The molecular weight excluding hydrogens is 347 g/mol. The van der Waals surface area contributed by atoms with Crippen LogP contribution in [-0.2, 0) is 19.5 Å². The van der Waals surface area contributed by atoms with Crippen molar-refractivity contribution in [3.63, 3.8) is 0 Å². The van der Waals surface area contributed by atoms with E-state index in [1.165, 1.54) is 32.4 Å². The van der Waals surface area contributed by atoms with Gasteiger partial charge >= 0.3 is 0 Å². The molecule has 6 nitrogen and oxygen atoms in total. The highest BCUT2D eigenvalue weighted by atomic mass is 19.1. The number of nitrogens with zero attached hydrogens (tertiary/aromatic N) is 3. The highest BCUT2D eigenvalue weighted by Crippen LogP contribution is 2.30. The molecule has 3 heterocycles. The third kappa shape index (κ3) is 3.88. The third-order valence-electron chi connectivity index (χ3n) is 5.62. The molecule has 2 aliphatic rings. The molecule has 27 heavy (non-hydrogen) atoms. The van der Waals surface area contributed by atoms with Crippen LogP contribution in [0.25, 0.3) is 0 Å². The van der Waals surface area contributed by atoms with Crippen LogP contribution in [0.5, 0.6) is 5.88 Å².